The molecule has 0 bridgehead atoms. The van der Waals surface area contributed by atoms with Gasteiger partial charge in [-0.3, -0.25) is 0 Å². The van der Waals surface area contributed by atoms with E-state index in [4.69, 9.17) is 4.74 Å². The summed E-state index contributed by atoms with van der Waals surface area (Å²) in [5.41, 5.74) is 2.59. The third kappa shape index (κ3) is 3.79. The summed E-state index contributed by atoms with van der Waals surface area (Å²) in [6.07, 6.45) is 2.81. The average molecular weight is 176 g/mol. The summed E-state index contributed by atoms with van der Waals surface area (Å²) >= 11 is 0. The first-order valence-electron chi connectivity index (χ1n) is 4.64. The molecule has 1 rings (SSSR count). The van der Waals surface area contributed by atoms with Crippen LogP contribution < -0.4 is 0 Å². The maximum absolute atomic E-state index is 5.21. The fraction of sp³-hybridized carbons (Fsp3) is 0.333. The van der Waals surface area contributed by atoms with Crippen LogP contribution in [0.25, 0.3) is 0 Å². The Balaban J connectivity index is 2.50. The van der Waals surface area contributed by atoms with Crippen molar-refractivity contribution in [1.82, 2.24) is 0 Å². The van der Waals surface area contributed by atoms with Crippen LogP contribution >= 0.6 is 0 Å². The van der Waals surface area contributed by atoms with Crippen molar-refractivity contribution in [2.45, 2.75) is 20.3 Å². The predicted molar refractivity (Wildman–Crippen MR) is 55.5 cm³/mol. The molecule has 0 N–H and O–H groups in total. The molecule has 0 spiro atoms. The van der Waals surface area contributed by atoms with Gasteiger partial charge >= 0.3 is 0 Å². The molecule has 1 aromatic rings. The monoisotopic (exact) mass is 176 g/mol. The Labute approximate surface area is 80.0 Å². The molecule has 0 aliphatic heterocycles. The quantitative estimate of drug-likeness (QED) is 0.640. The summed E-state index contributed by atoms with van der Waals surface area (Å²) in [4.78, 5) is 0. The second-order valence-corrected chi connectivity index (χ2v) is 3.08. The lowest BCUT2D eigenvalue weighted by molar-refractivity contribution is 0.265. The minimum absolute atomic E-state index is 0.742. The third-order valence-electron chi connectivity index (χ3n) is 1.78. The third-order valence-corrected chi connectivity index (χ3v) is 1.78. The number of ether oxygens (including phenoxy) is 1. The van der Waals surface area contributed by atoms with Crippen molar-refractivity contribution in [3.63, 3.8) is 0 Å². The van der Waals surface area contributed by atoms with Crippen molar-refractivity contribution in [3.05, 3.63) is 47.7 Å². The molecular weight excluding hydrogens is 160 g/mol. The molecule has 0 atom stereocenters. The normalized spacial score (nSPS) is 11.4. The second kappa shape index (κ2) is 5.41. The molecule has 0 saturated carbocycles. The Morgan fingerprint density at radius 1 is 1.31 bits per heavy atom. The number of allylic oxidation sites excluding steroid dienone is 1. The first kappa shape index (κ1) is 9.85. The summed E-state index contributed by atoms with van der Waals surface area (Å²) < 4.78 is 5.21. The predicted octanol–water partition coefficient (Wildman–Crippen LogP) is 3.17. The van der Waals surface area contributed by atoms with Gasteiger partial charge in [-0.05, 0) is 31.4 Å². The summed E-state index contributed by atoms with van der Waals surface area (Å²) in [5, 5.41) is 0. The van der Waals surface area contributed by atoms with Crippen molar-refractivity contribution in [2.24, 2.45) is 0 Å². The van der Waals surface area contributed by atoms with E-state index in [2.05, 4.69) is 31.2 Å². The first-order valence-corrected chi connectivity index (χ1v) is 4.64. The Morgan fingerprint density at radius 2 is 2.00 bits per heavy atom. The molecule has 1 aromatic carbocycles. The van der Waals surface area contributed by atoms with Gasteiger partial charge in [0.25, 0.3) is 0 Å². The number of hydrogen-bond donors (Lipinski definition) is 0. The van der Waals surface area contributed by atoms with E-state index < -0.39 is 0 Å². The van der Waals surface area contributed by atoms with Crippen LogP contribution in [-0.4, -0.2) is 6.61 Å². The first-order chi connectivity index (χ1) is 6.33. The van der Waals surface area contributed by atoms with Crippen LogP contribution in [-0.2, 0) is 11.2 Å². The van der Waals surface area contributed by atoms with Crippen molar-refractivity contribution in [2.75, 3.05) is 6.61 Å². The van der Waals surface area contributed by atoms with Gasteiger partial charge < -0.3 is 4.74 Å². The van der Waals surface area contributed by atoms with Gasteiger partial charge in [0.15, 0.2) is 0 Å². The Kier molecular flexibility index (Phi) is 4.10. The molecule has 13 heavy (non-hydrogen) atoms. The molecule has 0 radical (unpaired) electrons. The summed E-state index contributed by atoms with van der Waals surface area (Å²) in [6.45, 7) is 4.82. The molecule has 0 amide bonds. The molecule has 0 aliphatic carbocycles. The summed E-state index contributed by atoms with van der Waals surface area (Å²) in [5.74, 6) is 0. The fourth-order valence-electron chi connectivity index (χ4n) is 1.19. The number of hydrogen-bond acceptors (Lipinski definition) is 1. The smallest absolute Gasteiger partial charge is 0.0845 e. The van der Waals surface area contributed by atoms with Gasteiger partial charge in [-0.2, -0.15) is 0 Å². The Bertz CT molecular complexity index is 262. The molecule has 1 nitrogen and oxygen atoms in total. The van der Waals surface area contributed by atoms with Gasteiger partial charge in [-0.15, -0.1) is 0 Å². The fourth-order valence-corrected chi connectivity index (χ4v) is 1.19. The van der Waals surface area contributed by atoms with Gasteiger partial charge in [0.2, 0.25) is 0 Å². The van der Waals surface area contributed by atoms with Crippen molar-refractivity contribution in [1.29, 1.82) is 0 Å². The second-order valence-electron chi connectivity index (χ2n) is 3.08. The van der Waals surface area contributed by atoms with E-state index in [0.29, 0.717) is 0 Å². The highest BCUT2D eigenvalue weighted by Crippen LogP contribution is 2.06. The van der Waals surface area contributed by atoms with Crippen molar-refractivity contribution in [3.8, 4) is 0 Å². The van der Waals surface area contributed by atoms with Crippen LogP contribution in [0.1, 0.15) is 19.4 Å². The van der Waals surface area contributed by atoms with E-state index in [1.54, 1.807) is 0 Å². The van der Waals surface area contributed by atoms with E-state index in [1.807, 2.05) is 19.3 Å². The number of rotatable bonds is 4. The SMILES string of the molecule is CCOC=C(C)Cc1ccccc1. The van der Waals surface area contributed by atoms with Crippen LogP contribution in [0.3, 0.4) is 0 Å². The van der Waals surface area contributed by atoms with Crippen LogP contribution in [0.4, 0.5) is 0 Å². The van der Waals surface area contributed by atoms with Gasteiger partial charge in [-0.25, -0.2) is 0 Å². The van der Waals surface area contributed by atoms with Crippen LogP contribution in [0.5, 0.6) is 0 Å². The zero-order chi connectivity index (χ0) is 9.52. The minimum Gasteiger partial charge on any atom is -0.502 e. The van der Waals surface area contributed by atoms with Crippen LogP contribution in [0.15, 0.2) is 42.2 Å². The number of benzene rings is 1. The molecule has 1 heteroatoms. The lowest BCUT2D eigenvalue weighted by Gasteiger charge is -2.01. The zero-order valence-corrected chi connectivity index (χ0v) is 8.29. The highest BCUT2D eigenvalue weighted by atomic mass is 16.5. The van der Waals surface area contributed by atoms with Gasteiger partial charge in [0, 0.05) is 0 Å². The highest BCUT2D eigenvalue weighted by molar-refractivity contribution is 5.20. The summed E-state index contributed by atoms with van der Waals surface area (Å²) in [7, 11) is 0. The molecule has 0 unspecified atom stereocenters. The summed E-state index contributed by atoms with van der Waals surface area (Å²) in [6, 6.07) is 10.4. The molecule has 0 fully saturated rings. The largest absolute Gasteiger partial charge is 0.502 e. The minimum atomic E-state index is 0.742. The maximum Gasteiger partial charge on any atom is 0.0845 e. The maximum atomic E-state index is 5.21. The Morgan fingerprint density at radius 3 is 2.62 bits per heavy atom. The zero-order valence-electron chi connectivity index (χ0n) is 8.29. The van der Waals surface area contributed by atoms with Gasteiger partial charge in [-0.1, -0.05) is 30.3 Å². The molecule has 0 saturated heterocycles. The van der Waals surface area contributed by atoms with Crippen molar-refractivity contribution < 1.29 is 4.74 Å². The van der Waals surface area contributed by atoms with Crippen molar-refractivity contribution >= 4 is 0 Å². The van der Waals surface area contributed by atoms with Gasteiger partial charge in [0.1, 0.15) is 0 Å². The van der Waals surface area contributed by atoms with E-state index in [-0.39, 0.29) is 0 Å². The molecular formula is C12H16O. The van der Waals surface area contributed by atoms with E-state index in [1.165, 1.54) is 11.1 Å². The van der Waals surface area contributed by atoms with Gasteiger partial charge in [0.05, 0.1) is 12.9 Å². The highest BCUT2D eigenvalue weighted by Gasteiger charge is 1.92. The molecule has 0 heterocycles. The lowest BCUT2D eigenvalue weighted by Crippen LogP contribution is -1.88. The molecule has 0 aliphatic rings. The molecule has 0 aromatic heterocycles. The van der Waals surface area contributed by atoms with E-state index in [9.17, 15) is 0 Å². The van der Waals surface area contributed by atoms with Crippen LogP contribution in [0, 0.1) is 0 Å². The average Bonchev–Trinajstić information content (AvgIpc) is 2.16. The molecule has 70 valence electrons. The van der Waals surface area contributed by atoms with E-state index >= 15 is 0 Å². The Hall–Kier alpha value is -1.24. The van der Waals surface area contributed by atoms with Crippen LogP contribution in [0.2, 0.25) is 0 Å². The standard InChI is InChI=1S/C12H16O/c1-3-13-10-11(2)9-12-7-5-4-6-8-12/h4-8,10H,3,9H2,1-2H3. The topological polar surface area (TPSA) is 9.23 Å². The van der Waals surface area contributed by atoms with E-state index in [0.717, 1.165) is 13.0 Å². The lowest BCUT2D eigenvalue weighted by atomic mass is 10.1.